The van der Waals surface area contributed by atoms with Crippen LogP contribution in [0.25, 0.3) is 0 Å². The number of nitrogens with one attached hydrogen (secondary N) is 1. The third-order valence-electron chi connectivity index (χ3n) is 2.94. The van der Waals surface area contributed by atoms with Gasteiger partial charge in [0.1, 0.15) is 5.75 Å². The first-order chi connectivity index (χ1) is 11.3. The fraction of sp³-hybridized carbons (Fsp3) is 0.235. The fourth-order valence-electron chi connectivity index (χ4n) is 1.86. The molecule has 0 heterocycles. The van der Waals surface area contributed by atoms with Gasteiger partial charge in [-0.15, -0.1) is 0 Å². The number of rotatable bonds is 5. The van der Waals surface area contributed by atoms with Crippen molar-refractivity contribution < 1.29 is 17.9 Å². The molecule has 2 aromatic carbocycles. The molecule has 0 unspecified atom stereocenters. The van der Waals surface area contributed by atoms with E-state index < -0.39 is 11.7 Å². The van der Waals surface area contributed by atoms with E-state index in [1.54, 1.807) is 6.21 Å². The first kappa shape index (κ1) is 18.3. The molecule has 0 saturated carbocycles. The quantitative estimate of drug-likeness (QED) is 0.515. The van der Waals surface area contributed by atoms with Crippen LogP contribution < -0.4 is 10.2 Å². The second-order valence-electron chi connectivity index (χ2n) is 5.30. The molecular formula is C17H16BrF3N2O. The van der Waals surface area contributed by atoms with E-state index in [2.05, 4.69) is 26.5 Å². The van der Waals surface area contributed by atoms with Gasteiger partial charge in [0.15, 0.2) is 0 Å². The highest BCUT2D eigenvalue weighted by Gasteiger charge is 2.29. The Balaban J connectivity index is 2.00. The summed E-state index contributed by atoms with van der Waals surface area (Å²) in [5.74, 6) is 0.734. The molecule has 0 radical (unpaired) electrons. The number of hydrazone groups is 1. The van der Waals surface area contributed by atoms with Crippen molar-refractivity contribution in [3.63, 3.8) is 0 Å². The Bertz CT molecular complexity index is 713. The zero-order valence-corrected chi connectivity index (χ0v) is 14.6. The van der Waals surface area contributed by atoms with E-state index >= 15 is 0 Å². The summed E-state index contributed by atoms with van der Waals surface area (Å²) in [4.78, 5) is 0. The highest BCUT2D eigenvalue weighted by molar-refractivity contribution is 9.10. The highest BCUT2D eigenvalue weighted by Crippen LogP contribution is 2.30. The average molecular weight is 401 g/mol. The van der Waals surface area contributed by atoms with Gasteiger partial charge in [0.05, 0.1) is 28.0 Å². The van der Waals surface area contributed by atoms with Crippen LogP contribution in [0.1, 0.15) is 25.0 Å². The number of ether oxygens (including phenoxy) is 1. The molecule has 0 saturated heterocycles. The van der Waals surface area contributed by atoms with Crippen LogP contribution in [-0.4, -0.2) is 12.3 Å². The van der Waals surface area contributed by atoms with Gasteiger partial charge in [0.25, 0.3) is 0 Å². The van der Waals surface area contributed by atoms with Gasteiger partial charge in [0.2, 0.25) is 0 Å². The number of benzene rings is 2. The van der Waals surface area contributed by atoms with E-state index in [1.807, 2.05) is 32.0 Å². The van der Waals surface area contributed by atoms with Crippen LogP contribution >= 0.6 is 15.9 Å². The lowest BCUT2D eigenvalue weighted by Gasteiger charge is -2.11. The van der Waals surface area contributed by atoms with Crippen molar-refractivity contribution >= 4 is 27.8 Å². The topological polar surface area (TPSA) is 33.6 Å². The van der Waals surface area contributed by atoms with Crippen molar-refractivity contribution in [1.29, 1.82) is 0 Å². The third kappa shape index (κ3) is 5.26. The molecule has 3 nitrogen and oxygen atoms in total. The number of nitrogens with zero attached hydrogens (tertiary/aromatic N) is 1. The molecule has 0 amide bonds. The lowest BCUT2D eigenvalue weighted by atomic mass is 10.2. The van der Waals surface area contributed by atoms with Gasteiger partial charge < -0.3 is 4.74 Å². The fourth-order valence-corrected chi connectivity index (χ4v) is 2.35. The molecule has 0 aliphatic rings. The van der Waals surface area contributed by atoms with Crippen LogP contribution in [0, 0.1) is 0 Å². The van der Waals surface area contributed by atoms with Crippen molar-refractivity contribution in [1.82, 2.24) is 0 Å². The van der Waals surface area contributed by atoms with Gasteiger partial charge in [-0.3, -0.25) is 5.43 Å². The van der Waals surface area contributed by atoms with Crippen LogP contribution in [0.2, 0.25) is 0 Å². The number of hydrogen-bond donors (Lipinski definition) is 1. The van der Waals surface area contributed by atoms with E-state index in [-0.39, 0.29) is 6.10 Å². The molecule has 0 aromatic heterocycles. The zero-order chi connectivity index (χ0) is 17.7. The third-order valence-corrected chi connectivity index (χ3v) is 3.56. The maximum Gasteiger partial charge on any atom is 0.416 e. The summed E-state index contributed by atoms with van der Waals surface area (Å²) in [6.07, 6.45) is -2.70. The average Bonchev–Trinajstić information content (AvgIpc) is 2.49. The number of alkyl halides is 3. The SMILES string of the molecule is CC(C)Oc1ccc(C=NNc2ccc(C(F)(F)F)cc2)cc1Br. The van der Waals surface area contributed by atoms with Crippen LogP contribution in [0.15, 0.2) is 52.0 Å². The summed E-state index contributed by atoms with van der Waals surface area (Å²) in [6, 6.07) is 10.2. The lowest BCUT2D eigenvalue weighted by Crippen LogP contribution is -2.06. The molecule has 0 aliphatic heterocycles. The second kappa shape index (κ2) is 7.70. The van der Waals surface area contributed by atoms with Crippen molar-refractivity contribution in [3.8, 4) is 5.75 Å². The minimum Gasteiger partial charge on any atom is -0.490 e. The molecule has 7 heteroatoms. The van der Waals surface area contributed by atoms with Crippen molar-refractivity contribution in [2.24, 2.45) is 5.10 Å². The molecule has 0 spiro atoms. The van der Waals surface area contributed by atoms with Gasteiger partial charge >= 0.3 is 6.18 Å². The minimum absolute atomic E-state index is 0.0714. The molecule has 1 N–H and O–H groups in total. The summed E-state index contributed by atoms with van der Waals surface area (Å²) in [5.41, 5.74) is 3.29. The van der Waals surface area contributed by atoms with Gasteiger partial charge in [0, 0.05) is 0 Å². The lowest BCUT2D eigenvalue weighted by molar-refractivity contribution is -0.137. The Labute approximate surface area is 146 Å². The Morgan fingerprint density at radius 3 is 2.33 bits per heavy atom. The number of halogens is 4. The minimum atomic E-state index is -4.34. The maximum atomic E-state index is 12.5. The second-order valence-corrected chi connectivity index (χ2v) is 6.16. The Morgan fingerprint density at radius 1 is 1.12 bits per heavy atom. The number of hydrogen-bond acceptors (Lipinski definition) is 3. The highest BCUT2D eigenvalue weighted by atomic mass is 79.9. The number of anilines is 1. The summed E-state index contributed by atoms with van der Waals surface area (Å²) < 4.78 is 43.8. The first-order valence-corrected chi connectivity index (χ1v) is 7.97. The van der Waals surface area contributed by atoms with E-state index in [1.165, 1.54) is 12.1 Å². The smallest absolute Gasteiger partial charge is 0.416 e. The van der Waals surface area contributed by atoms with E-state index in [0.717, 1.165) is 27.9 Å². The van der Waals surface area contributed by atoms with Gasteiger partial charge in [-0.2, -0.15) is 18.3 Å². The van der Waals surface area contributed by atoms with E-state index in [4.69, 9.17) is 4.74 Å². The maximum absolute atomic E-state index is 12.5. The normalized spacial score (nSPS) is 12.0. The van der Waals surface area contributed by atoms with Gasteiger partial charge in [-0.05, 0) is 77.8 Å². The van der Waals surface area contributed by atoms with E-state index in [9.17, 15) is 13.2 Å². The molecule has 128 valence electrons. The van der Waals surface area contributed by atoms with E-state index in [0.29, 0.717) is 5.69 Å². The van der Waals surface area contributed by atoms with Gasteiger partial charge in [-0.1, -0.05) is 0 Å². The summed E-state index contributed by atoms with van der Waals surface area (Å²) in [5, 5.41) is 4.02. The Kier molecular flexibility index (Phi) is 5.88. The van der Waals surface area contributed by atoms with Crippen LogP contribution in [0.5, 0.6) is 5.75 Å². The largest absolute Gasteiger partial charge is 0.490 e. The molecular weight excluding hydrogens is 385 g/mol. The summed E-state index contributed by atoms with van der Waals surface area (Å²) >= 11 is 3.43. The molecule has 24 heavy (non-hydrogen) atoms. The Morgan fingerprint density at radius 2 is 1.79 bits per heavy atom. The van der Waals surface area contributed by atoms with Crippen molar-refractivity contribution in [2.75, 3.05) is 5.43 Å². The molecule has 2 aromatic rings. The molecule has 0 aliphatic carbocycles. The van der Waals surface area contributed by atoms with Crippen LogP contribution in [0.3, 0.4) is 0 Å². The molecule has 2 rings (SSSR count). The van der Waals surface area contributed by atoms with Gasteiger partial charge in [-0.25, -0.2) is 0 Å². The molecule has 0 atom stereocenters. The molecule has 0 bridgehead atoms. The predicted molar refractivity (Wildman–Crippen MR) is 92.6 cm³/mol. The predicted octanol–water partition coefficient (Wildman–Crippen LogP) is 5.70. The van der Waals surface area contributed by atoms with Crippen molar-refractivity contribution in [3.05, 3.63) is 58.1 Å². The molecule has 0 fully saturated rings. The zero-order valence-electron chi connectivity index (χ0n) is 13.1. The summed E-state index contributed by atoms with van der Waals surface area (Å²) in [6.45, 7) is 3.88. The first-order valence-electron chi connectivity index (χ1n) is 7.18. The standard InChI is InChI=1S/C17H16BrF3N2O/c1-11(2)24-16-8-3-12(9-15(16)18)10-22-23-14-6-4-13(5-7-14)17(19,20)21/h3-11,23H,1-2H3. The van der Waals surface area contributed by atoms with Crippen molar-refractivity contribution in [2.45, 2.75) is 26.1 Å². The van der Waals surface area contributed by atoms with Crippen LogP contribution in [0.4, 0.5) is 18.9 Å². The summed E-state index contributed by atoms with van der Waals surface area (Å²) in [7, 11) is 0. The monoisotopic (exact) mass is 400 g/mol. The Hall–Kier alpha value is -2.02. The van der Waals surface area contributed by atoms with Crippen LogP contribution in [-0.2, 0) is 6.18 Å².